The summed E-state index contributed by atoms with van der Waals surface area (Å²) >= 11 is 4.71. The first kappa shape index (κ1) is 31.1. The Hall–Kier alpha value is -2.87. The zero-order valence-corrected chi connectivity index (χ0v) is 23.1. The Balaban J connectivity index is 1.50. The smallest absolute Gasteiger partial charge is 0.206 e. The molecule has 220 valence electrons. The van der Waals surface area contributed by atoms with E-state index in [0.717, 1.165) is 50.7 Å². The highest BCUT2D eigenvalue weighted by atomic mass is 35.5. The number of aryl methyl sites for hydroxylation is 1. The third kappa shape index (κ3) is 7.32. The van der Waals surface area contributed by atoms with Gasteiger partial charge in [-0.2, -0.15) is 8.78 Å². The summed E-state index contributed by atoms with van der Waals surface area (Å²) in [5.41, 5.74) is -4.14. The molecule has 41 heavy (non-hydrogen) atoms. The van der Waals surface area contributed by atoms with Crippen molar-refractivity contribution in [2.24, 2.45) is 11.8 Å². The van der Waals surface area contributed by atoms with Gasteiger partial charge in [0.2, 0.25) is 0 Å². The molecule has 0 nitrogen and oxygen atoms in total. The van der Waals surface area contributed by atoms with E-state index in [0.29, 0.717) is 48.1 Å². The summed E-state index contributed by atoms with van der Waals surface area (Å²) in [6.45, 7) is 2.01. The highest BCUT2D eigenvalue weighted by Crippen LogP contribution is 2.40. The molecule has 0 radical (unpaired) electrons. The monoisotopic (exact) mass is 600 g/mol. The number of allylic oxidation sites excluding steroid dienone is 2. The van der Waals surface area contributed by atoms with Crippen molar-refractivity contribution in [1.29, 1.82) is 0 Å². The fraction of sp³-hybridized carbons (Fsp3) is 0.375. The average Bonchev–Trinajstić information content (AvgIpc) is 2.86. The Morgan fingerprint density at radius 2 is 1.10 bits per heavy atom. The molecule has 3 aromatic carbocycles. The number of rotatable bonds is 9. The Kier molecular flexibility index (Phi) is 9.83. The number of halogens is 9. The zero-order chi connectivity index (χ0) is 29.9. The summed E-state index contributed by atoms with van der Waals surface area (Å²) in [7, 11) is 0. The normalized spacial score (nSPS) is 17.9. The Bertz CT molecular complexity index is 1350. The van der Waals surface area contributed by atoms with Gasteiger partial charge in [-0.15, -0.1) is 0 Å². The molecule has 0 N–H and O–H groups in total. The molecule has 0 saturated heterocycles. The van der Waals surface area contributed by atoms with Crippen LogP contribution in [0.1, 0.15) is 63.0 Å². The second-order valence-electron chi connectivity index (χ2n) is 10.6. The topological polar surface area (TPSA) is 0 Å². The van der Waals surface area contributed by atoms with E-state index in [4.69, 9.17) is 11.6 Å². The molecule has 1 saturated carbocycles. The van der Waals surface area contributed by atoms with Gasteiger partial charge in [-0.25, -0.2) is 26.3 Å². The Morgan fingerprint density at radius 1 is 0.683 bits per heavy atom. The van der Waals surface area contributed by atoms with Gasteiger partial charge in [0.1, 0.15) is 40.5 Å². The largest absolute Gasteiger partial charge is 0.353 e. The number of alkyl halides is 3. The molecule has 9 heteroatoms. The minimum Gasteiger partial charge on any atom is -0.206 e. The van der Waals surface area contributed by atoms with Crippen LogP contribution in [-0.4, -0.2) is 0 Å². The van der Waals surface area contributed by atoms with Gasteiger partial charge < -0.3 is 0 Å². The zero-order valence-electron chi connectivity index (χ0n) is 22.3. The third-order valence-corrected chi connectivity index (χ3v) is 8.02. The maximum Gasteiger partial charge on any atom is 0.353 e. The summed E-state index contributed by atoms with van der Waals surface area (Å²) < 4.78 is 115. The molecule has 0 bridgehead atoms. The maximum absolute atomic E-state index is 15.0. The minimum absolute atomic E-state index is 0.308. The highest BCUT2D eigenvalue weighted by Gasteiger charge is 2.36. The lowest BCUT2D eigenvalue weighted by Gasteiger charge is -2.28. The van der Waals surface area contributed by atoms with Crippen molar-refractivity contribution in [3.05, 3.63) is 94.6 Å². The van der Waals surface area contributed by atoms with Crippen molar-refractivity contribution >= 4 is 11.6 Å². The van der Waals surface area contributed by atoms with E-state index in [1.165, 1.54) is 6.42 Å². The lowest BCUT2D eigenvalue weighted by Crippen LogP contribution is -2.15. The van der Waals surface area contributed by atoms with Gasteiger partial charge in [0.05, 0.1) is 11.1 Å². The van der Waals surface area contributed by atoms with Crippen LogP contribution in [-0.2, 0) is 11.8 Å². The molecule has 0 atom stereocenters. The molecule has 1 aliphatic carbocycles. The van der Waals surface area contributed by atoms with E-state index in [2.05, 4.69) is 12.2 Å². The number of hydrogen-bond acceptors (Lipinski definition) is 0. The van der Waals surface area contributed by atoms with E-state index in [-0.39, 0.29) is 0 Å². The minimum atomic E-state index is -4.39. The van der Waals surface area contributed by atoms with E-state index in [1.54, 1.807) is 0 Å². The average molecular weight is 601 g/mol. The van der Waals surface area contributed by atoms with Crippen molar-refractivity contribution in [2.75, 3.05) is 0 Å². The van der Waals surface area contributed by atoms with Crippen LogP contribution >= 0.6 is 11.6 Å². The first-order valence-electron chi connectivity index (χ1n) is 13.5. The van der Waals surface area contributed by atoms with Crippen LogP contribution in [0.4, 0.5) is 35.1 Å². The summed E-state index contributed by atoms with van der Waals surface area (Å²) in [4.78, 5) is 0. The Morgan fingerprint density at radius 3 is 1.54 bits per heavy atom. The van der Waals surface area contributed by atoms with Gasteiger partial charge in [0, 0.05) is 0 Å². The molecule has 1 aliphatic rings. The molecule has 0 spiro atoms. The van der Waals surface area contributed by atoms with Crippen molar-refractivity contribution in [2.45, 2.75) is 63.7 Å². The summed E-state index contributed by atoms with van der Waals surface area (Å²) in [5.74, 6) is -7.26. The van der Waals surface area contributed by atoms with E-state index >= 15 is 8.78 Å². The summed E-state index contributed by atoms with van der Waals surface area (Å²) in [6, 6.07) is 4.13. The van der Waals surface area contributed by atoms with Crippen LogP contribution in [0.5, 0.6) is 0 Å². The van der Waals surface area contributed by atoms with Gasteiger partial charge in [-0.1, -0.05) is 37.8 Å². The maximum atomic E-state index is 15.0. The van der Waals surface area contributed by atoms with Gasteiger partial charge in [-0.3, -0.25) is 0 Å². The van der Waals surface area contributed by atoms with Gasteiger partial charge in [-0.05, 0) is 109 Å². The van der Waals surface area contributed by atoms with Crippen LogP contribution in [0.3, 0.4) is 0 Å². The second-order valence-corrected chi connectivity index (χ2v) is 11.1. The van der Waals surface area contributed by atoms with E-state index in [9.17, 15) is 26.3 Å². The van der Waals surface area contributed by atoms with Crippen molar-refractivity contribution in [3.63, 3.8) is 0 Å². The van der Waals surface area contributed by atoms with Gasteiger partial charge >= 0.3 is 5.38 Å². The quantitative estimate of drug-likeness (QED) is 0.130. The molecule has 0 heterocycles. The molecule has 0 aliphatic heterocycles. The number of benzene rings is 3. The predicted octanol–water partition coefficient (Wildman–Crippen LogP) is 11.2. The molecular weight excluding hydrogens is 572 g/mol. The van der Waals surface area contributed by atoms with Gasteiger partial charge in [0.15, 0.2) is 0 Å². The van der Waals surface area contributed by atoms with E-state index in [1.807, 2.05) is 6.92 Å². The van der Waals surface area contributed by atoms with Crippen LogP contribution < -0.4 is 0 Å². The van der Waals surface area contributed by atoms with Crippen LogP contribution in [0.15, 0.2) is 48.6 Å². The molecular formula is C32H29ClF8. The lowest BCUT2D eigenvalue weighted by molar-refractivity contribution is 0.0859. The first-order valence-corrected chi connectivity index (χ1v) is 13.9. The van der Waals surface area contributed by atoms with Gasteiger partial charge in [0.25, 0.3) is 0 Å². The fourth-order valence-corrected chi connectivity index (χ4v) is 5.89. The molecule has 0 amide bonds. The molecule has 0 unspecified atom stereocenters. The predicted molar refractivity (Wildman–Crippen MR) is 145 cm³/mol. The van der Waals surface area contributed by atoms with Crippen molar-refractivity contribution in [1.82, 2.24) is 0 Å². The molecule has 0 aromatic heterocycles. The SMILES string of the molecule is C/C=C/CCC1CCC(CCc2cc(F)c(-c3cc(F)c(-c4cc(F)c(C(F)(F)Cl)c(F)c4)c(F)c3)c(F)c2)CC1. The third-order valence-electron chi connectivity index (χ3n) is 7.83. The summed E-state index contributed by atoms with van der Waals surface area (Å²) in [6.07, 6.45) is 12.1. The molecule has 3 aromatic rings. The Labute approximate surface area is 239 Å². The second kappa shape index (κ2) is 13.0. The van der Waals surface area contributed by atoms with Crippen LogP contribution in [0, 0.1) is 46.7 Å². The van der Waals surface area contributed by atoms with Crippen molar-refractivity contribution in [3.8, 4) is 22.3 Å². The summed E-state index contributed by atoms with van der Waals surface area (Å²) in [5, 5.41) is -4.39. The highest BCUT2D eigenvalue weighted by molar-refractivity contribution is 6.21. The first-order chi connectivity index (χ1) is 19.4. The number of hydrogen-bond donors (Lipinski definition) is 0. The lowest BCUT2D eigenvalue weighted by atomic mass is 9.78. The van der Waals surface area contributed by atoms with E-state index < -0.39 is 68.1 Å². The molecule has 4 rings (SSSR count). The molecule has 1 fully saturated rings. The fourth-order valence-electron chi connectivity index (χ4n) is 5.71. The van der Waals surface area contributed by atoms with Crippen LogP contribution in [0.25, 0.3) is 22.3 Å². The van der Waals surface area contributed by atoms with Crippen LogP contribution in [0.2, 0.25) is 0 Å². The van der Waals surface area contributed by atoms with Crippen molar-refractivity contribution < 1.29 is 35.1 Å². The standard InChI is InChI=1S/C32H29ClF8/c1-2-3-4-5-18-6-8-19(9-7-18)10-11-20-12-23(34)29(24(35)13-20)21-14-25(36)30(26(37)15-21)22-16-27(38)31(28(39)17-22)32(33,40)41/h2-3,12-19H,4-11H2,1H3/b3-2+.